The highest BCUT2D eigenvalue weighted by Gasteiger charge is 2.16. The molecule has 1 atom stereocenters. The van der Waals surface area contributed by atoms with E-state index in [1.54, 1.807) is 0 Å². The van der Waals surface area contributed by atoms with E-state index in [4.69, 9.17) is 11.5 Å². The summed E-state index contributed by atoms with van der Waals surface area (Å²) in [7, 11) is 1.88. The number of hydrogen-bond donors (Lipinski definition) is 2. The fourth-order valence-corrected chi connectivity index (χ4v) is 1.80. The van der Waals surface area contributed by atoms with E-state index in [-0.39, 0.29) is 6.42 Å². The van der Waals surface area contributed by atoms with Crippen LogP contribution in [0, 0.1) is 0 Å². The maximum absolute atomic E-state index is 10.8. The monoisotopic (exact) mass is 218 g/mol. The molecule has 0 spiro atoms. The molecule has 0 saturated carbocycles. The Hall–Kier alpha value is -1.88. The summed E-state index contributed by atoms with van der Waals surface area (Å²) >= 11 is 0. The quantitative estimate of drug-likeness (QED) is 0.784. The van der Waals surface area contributed by atoms with Crippen LogP contribution >= 0.6 is 0 Å². The molecule has 1 aromatic heterocycles. The number of aryl methyl sites for hydroxylation is 1. The lowest BCUT2D eigenvalue weighted by Gasteiger charge is -2.09. The number of primary amides is 1. The van der Waals surface area contributed by atoms with Crippen molar-refractivity contribution in [2.75, 3.05) is 0 Å². The van der Waals surface area contributed by atoms with E-state index in [0.717, 1.165) is 11.0 Å². The third-order valence-corrected chi connectivity index (χ3v) is 2.57. The van der Waals surface area contributed by atoms with Gasteiger partial charge in [-0.3, -0.25) is 4.79 Å². The van der Waals surface area contributed by atoms with Crippen LogP contribution in [0.2, 0.25) is 0 Å². The largest absolute Gasteiger partial charge is 0.370 e. The van der Waals surface area contributed by atoms with Crippen molar-refractivity contribution in [2.45, 2.75) is 12.5 Å². The molecule has 0 saturated heterocycles. The van der Waals surface area contributed by atoms with Crippen LogP contribution in [-0.4, -0.2) is 15.5 Å². The number of fused-ring (bicyclic) bond motifs is 1. The molecule has 16 heavy (non-hydrogen) atoms. The lowest BCUT2D eigenvalue weighted by Crippen LogP contribution is -2.23. The zero-order valence-corrected chi connectivity index (χ0v) is 9.05. The molecule has 2 rings (SSSR count). The Labute approximate surface area is 93.1 Å². The summed E-state index contributed by atoms with van der Waals surface area (Å²) in [6.07, 6.45) is 0.108. The van der Waals surface area contributed by atoms with Crippen LogP contribution in [0.1, 0.15) is 18.3 Å². The van der Waals surface area contributed by atoms with Crippen LogP contribution in [0.25, 0.3) is 11.0 Å². The first-order valence-corrected chi connectivity index (χ1v) is 5.05. The van der Waals surface area contributed by atoms with Crippen molar-refractivity contribution in [2.24, 2.45) is 18.5 Å². The lowest BCUT2D eigenvalue weighted by atomic mass is 10.2. The van der Waals surface area contributed by atoms with Crippen molar-refractivity contribution in [3.8, 4) is 0 Å². The standard InChI is InChI=1S/C11H14N4O/c1-15-9-5-3-2-4-8(9)14-11(15)7(12)6-10(13)16/h2-5,7H,6,12H2,1H3,(H2,13,16). The topological polar surface area (TPSA) is 86.9 Å². The van der Waals surface area contributed by atoms with Crippen LogP contribution in [0.3, 0.4) is 0 Å². The van der Waals surface area contributed by atoms with Gasteiger partial charge in [-0.05, 0) is 12.1 Å². The maximum atomic E-state index is 10.8. The summed E-state index contributed by atoms with van der Waals surface area (Å²) in [4.78, 5) is 15.2. The first kappa shape index (κ1) is 10.6. The smallest absolute Gasteiger partial charge is 0.219 e. The van der Waals surface area contributed by atoms with E-state index >= 15 is 0 Å². The number of para-hydroxylation sites is 2. The predicted molar refractivity (Wildman–Crippen MR) is 61.5 cm³/mol. The molecule has 5 nitrogen and oxygen atoms in total. The molecule has 0 aliphatic rings. The average molecular weight is 218 g/mol. The molecule has 5 heteroatoms. The number of carbonyl (C=O) groups excluding carboxylic acids is 1. The summed E-state index contributed by atoms with van der Waals surface area (Å²) in [6.45, 7) is 0. The number of nitrogens with two attached hydrogens (primary N) is 2. The van der Waals surface area contributed by atoms with E-state index in [1.165, 1.54) is 0 Å². The average Bonchev–Trinajstić information content (AvgIpc) is 2.56. The minimum absolute atomic E-state index is 0.108. The Kier molecular flexibility index (Phi) is 2.62. The van der Waals surface area contributed by atoms with Crippen molar-refractivity contribution in [1.82, 2.24) is 9.55 Å². The summed E-state index contributed by atoms with van der Waals surface area (Å²) in [5, 5.41) is 0. The molecule has 0 aliphatic carbocycles. The van der Waals surface area contributed by atoms with Crippen LogP contribution in [0.4, 0.5) is 0 Å². The molecule has 0 bridgehead atoms. The number of aromatic nitrogens is 2. The summed E-state index contributed by atoms with van der Waals surface area (Å²) in [5.41, 5.74) is 12.9. The minimum Gasteiger partial charge on any atom is -0.370 e. The third-order valence-electron chi connectivity index (χ3n) is 2.57. The van der Waals surface area contributed by atoms with Gasteiger partial charge in [0.25, 0.3) is 0 Å². The number of amides is 1. The summed E-state index contributed by atoms with van der Waals surface area (Å²) in [6, 6.07) is 7.28. The van der Waals surface area contributed by atoms with E-state index < -0.39 is 11.9 Å². The fourth-order valence-electron chi connectivity index (χ4n) is 1.80. The Bertz CT molecular complexity index is 532. The maximum Gasteiger partial charge on any atom is 0.219 e. The van der Waals surface area contributed by atoms with Crippen LogP contribution in [0.15, 0.2) is 24.3 Å². The molecule has 1 amide bonds. The molecular weight excluding hydrogens is 204 g/mol. The van der Waals surface area contributed by atoms with Gasteiger partial charge in [0.2, 0.25) is 5.91 Å². The number of benzene rings is 1. The minimum atomic E-state index is -0.449. The highest BCUT2D eigenvalue weighted by Crippen LogP contribution is 2.19. The zero-order chi connectivity index (χ0) is 11.7. The zero-order valence-electron chi connectivity index (χ0n) is 9.05. The van der Waals surface area contributed by atoms with Gasteiger partial charge in [0.1, 0.15) is 5.82 Å². The van der Waals surface area contributed by atoms with Gasteiger partial charge in [-0.2, -0.15) is 0 Å². The van der Waals surface area contributed by atoms with Gasteiger partial charge < -0.3 is 16.0 Å². The van der Waals surface area contributed by atoms with Gasteiger partial charge >= 0.3 is 0 Å². The number of hydrogen-bond acceptors (Lipinski definition) is 3. The van der Waals surface area contributed by atoms with Crippen molar-refractivity contribution in [3.05, 3.63) is 30.1 Å². The molecule has 1 unspecified atom stereocenters. The lowest BCUT2D eigenvalue weighted by molar-refractivity contribution is -0.118. The van der Waals surface area contributed by atoms with E-state index in [2.05, 4.69) is 4.98 Å². The van der Waals surface area contributed by atoms with Crippen molar-refractivity contribution in [1.29, 1.82) is 0 Å². The van der Waals surface area contributed by atoms with E-state index in [0.29, 0.717) is 5.82 Å². The number of carbonyl (C=O) groups is 1. The highest BCUT2D eigenvalue weighted by molar-refractivity contribution is 5.77. The molecule has 0 aliphatic heterocycles. The Morgan fingerprint density at radius 2 is 2.19 bits per heavy atom. The predicted octanol–water partition coefficient (Wildman–Crippen LogP) is 0.449. The Balaban J connectivity index is 2.45. The molecule has 4 N–H and O–H groups in total. The SMILES string of the molecule is Cn1c(C(N)CC(N)=O)nc2ccccc21. The van der Waals surface area contributed by atoms with Crippen LogP contribution in [-0.2, 0) is 11.8 Å². The van der Waals surface area contributed by atoms with E-state index in [1.807, 2.05) is 35.9 Å². The van der Waals surface area contributed by atoms with Crippen LogP contribution in [0.5, 0.6) is 0 Å². The molecule has 1 heterocycles. The number of imidazole rings is 1. The normalized spacial score (nSPS) is 12.9. The van der Waals surface area contributed by atoms with Crippen LogP contribution < -0.4 is 11.5 Å². The second-order valence-electron chi connectivity index (χ2n) is 3.79. The first-order chi connectivity index (χ1) is 7.59. The second kappa shape index (κ2) is 3.94. The van der Waals surface area contributed by atoms with Gasteiger partial charge in [-0.15, -0.1) is 0 Å². The van der Waals surface area contributed by atoms with Gasteiger partial charge in [-0.1, -0.05) is 12.1 Å². The number of rotatable bonds is 3. The van der Waals surface area contributed by atoms with Crippen molar-refractivity contribution in [3.63, 3.8) is 0 Å². The van der Waals surface area contributed by atoms with Gasteiger partial charge in [0.15, 0.2) is 0 Å². The Morgan fingerprint density at radius 3 is 2.81 bits per heavy atom. The fraction of sp³-hybridized carbons (Fsp3) is 0.273. The highest BCUT2D eigenvalue weighted by atomic mass is 16.1. The van der Waals surface area contributed by atoms with Gasteiger partial charge in [0, 0.05) is 13.5 Å². The molecule has 0 radical (unpaired) electrons. The Morgan fingerprint density at radius 1 is 1.50 bits per heavy atom. The molecule has 2 aromatic rings. The van der Waals surface area contributed by atoms with Gasteiger partial charge in [0.05, 0.1) is 17.1 Å². The van der Waals surface area contributed by atoms with Crippen molar-refractivity contribution < 1.29 is 4.79 Å². The molecule has 0 fully saturated rings. The first-order valence-electron chi connectivity index (χ1n) is 5.05. The third kappa shape index (κ3) is 1.77. The molecular formula is C11H14N4O. The number of nitrogens with zero attached hydrogens (tertiary/aromatic N) is 2. The summed E-state index contributed by atoms with van der Waals surface area (Å²) < 4.78 is 1.89. The molecule has 1 aromatic carbocycles. The van der Waals surface area contributed by atoms with E-state index in [9.17, 15) is 4.79 Å². The van der Waals surface area contributed by atoms with Gasteiger partial charge in [-0.25, -0.2) is 4.98 Å². The second-order valence-corrected chi connectivity index (χ2v) is 3.79. The van der Waals surface area contributed by atoms with Crippen molar-refractivity contribution >= 4 is 16.9 Å². The summed E-state index contributed by atoms with van der Waals surface area (Å²) in [5.74, 6) is 0.263. The molecule has 84 valence electrons.